The van der Waals surface area contributed by atoms with Crippen LogP contribution < -0.4 is 0 Å². The second kappa shape index (κ2) is 6.20. The van der Waals surface area contributed by atoms with E-state index in [-0.39, 0.29) is 6.10 Å². The fourth-order valence-electron chi connectivity index (χ4n) is 1.54. The van der Waals surface area contributed by atoms with Crippen molar-refractivity contribution < 1.29 is 5.11 Å². The van der Waals surface area contributed by atoms with Gasteiger partial charge in [-0.05, 0) is 26.8 Å². The summed E-state index contributed by atoms with van der Waals surface area (Å²) in [5, 5.41) is 12.6. The molecule has 0 saturated carbocycles. The maximum atomic E-state index is 9.23. The Bertz CT molecular complexity index is 286. The molecule has 4 heteroatoms. The normalized spacial score (nSPS) is 13.4. The maximum absolute atomic E-state index is 9.23. The fraction of sp³-hybridized carbons (Fsp3) is 0.727. The van der Waals surface area contributed by atoms with E-state index in [4.69, 9.17) is 0 Å². The smallest absolute Gasteiger partial charge is 0.0928 e. The predicted octanol–water partition coefficient (Wildman–Crippen LogP) is 1.91. The number of aryl methyl sites for hydroxylation is 1. The lowest BCUT2D eigenvalue weighted by Gasteiger charge is -2.16. The van der Waals surface area contributed by atoms with Crippen LogP contribution in [0.1, 0.15) is 31.0 Å². The summed E-state index contributed by atoms with van der Waals surface area (Å²) in [6.45, 7) is 5.49. The van der Waals surface area contributed by atoms with Crippen LogP contribution in [0.5, 0.6) is 0 Å². The minimum atomic E-state index is -0.274. The average molecular weight is 228 g/mol. The number of aromatic nitrogens is 1. The predicted molar refractivity (Wildman–Crippen MR) is 64.1 cm³/mol. The van der Waals surface area contributed by atoms with Crippen molar-refractivity contribution in [1.82, 2.24) is 9.88 Å². The van der Waals surface area contributed by atoms with Crippen LogP contribution in [-0.4, -0.2) is 34.7 Å². The van der Waals surface area contributed by atoms with Gasteiger partial charge in [-0.3, -0.25) is 4.90 Å². The topological polar surface area (TPSA) is 36.4 Å². The van der Waals surface area contributed by atoms with E-state index in [2.05, 4.69) is 22.2 Å². The summed E-state index contributed by atoms with van der Waals surface area (Å²) in [6, 6.07) is 0. The molecule has 0 saturated heterocycles. The van der Waals surface area contributed by atoms with Gasteiger partial charge in [0.05, 0.1) is 16.8 Å². The molecule has 1 aromatic heterocycles. The first-order chi connectivity index (χ1) is 7.11. The number of aliphatic hydroxyl groups excluding tert-OH is 1. The summed E-state index contributed by atoms with van der Waals surface area (Å²) < 4.78 is 0. The van der Waals surface area contributed by atoms with E-state index >= 15 is 0 Å². The first-order valence-electron chi connectivity index (χ1n) is 5.41. The van der Waals surface area contributed by atoms with E-state index < -0.39 is 0 Å². The van der Waals surface area contributed by atoms with E-state index in [1.807, 2.05) is 7.05 Å². The van der Waals surface area contributed by atoms with Crippen LogP contribution in [0.15, 0.2) is 5.38 Å². The second-order valence-electron chi connectivity index (χ2n) is 4.03. The molecule has 1 rings (SSSR count). The molecule has 1 unspecified atom stereocenters. The summed E-state index contributed by atoms with van der Waals surface area (Å²) >= 11 is 1.73. The molecule has 1 heterocycles. The van der Waals surface area contributed by atoms with E-state index in [9.17, 15) is 5.11 Å². The lowest BCUT2D eigenvalue weighted by molar-refractivity contribution is 0.138. The van der Waals surface area contributed by atoms with Crippen molar-refractivity contribution in [2.24, 2.45) is 0 Å². The van der Waals surface area contributed by atoms with Gasteiger partial charge in [0.15, 0.2) is 0 Å². The third-order valence-corrected chi connectivity index (χ3v) is 3.03. The van der Waals surface area contributed by atoms with Gasteiger partial charge in [-0.25, -0.2) is 4.98 Å². The molecule has 0 bridgehead atoms. The summed E-state index contributed by atoms with van der Waals surface area (Å²) in [6.07, 6.45) is 1.95. The SMILES string of the molecule is CCCc1nc(CN(C)CC(C)O)cs1. The second-order valence-corrected chi connectivity index (χ2v) is 4.97. The van der Waals surface area contributed by atoms with Crippen LogP contribution in [0.4, 0.5) is 0 Å². The van der Waals surface area contributed by atoms with Gasteiger partial charge >= 0.3 is 0 Å². The van der Waals surface area contributed by atoms with Crippen LogP contribution in [0, 0.1) is 0 Å². The highest BCUT2D eigenvalue weighted by molar-refractivity contribution is 7.09. The quantitative estimate of drug-likeness (QED) is 0.808. The molecule has 0 aliphatic rings. The molecule has 0 fully saturated rings. The zero-order valence-corrected chi connectivity index (χ0v) is 10.5. The molecule has 0 spiro atoms. The molecule has 0 aliphatic carbocycles. The molecule has 86 valence electrons. The third kappa shape index (κ3) is 4.73. The highest BCUT2D eigenvalue weighted by Crippen LogP contribution is 2.13. The number of aliphatic hydroxyl groups is 1. The van der Waals surface area contributed by atoms with Gasteiger partial charge < -0.3 is 5.11 Å². The van der Waals surface area contributed by atoms with Gasteiger partial charge in [0.1, 0.15) is 0 Å². The average Bonchev–Trinajstić information content (AvgIpc) is 2.51. The van der Waals surface area contributed by atoms with Gasteiger partial charge in [-0.15, -0.1) is 11.3 Å². The number of likely N-dealkylation sites (N-methyl/N-ethyl adjacent to an activating group) is 1. The number of rotatable bonds is 6. The Balaban J connectivity index is 2.42. The lowest BCUT2D eigenvalue weighted by Crippen LogP contribution is -2.26. The summed E-state index contributed by atoms with van der Waals surface area (Å²) in [5.41, 5.74) is 1.12. The Morgan fingerprint density at radius 3 is 2.93 bits per heavy atom. The molecule has 1 atom stereocenters. The molecule has 0 radical (unpaired) electrons. The van der Waals surface area contributed by atoms with Crippen LogP contribution in [0.3, 0.4) is 0 Å². The van der Waals surface area contributed by atoms with Gasteiger partial charge in [0.2, 0.25) is 0 Å². The third-order valence-electron chi connectivity index (χ3n) is 2.07. The van der Waals surface area contributed by atoms with Gasteiger partial charge in [-0.2, -0.15) is 0 Å². The van der Waals surface area contributed by atoms with Gasteiger partial charge in [0, 0.05) is 18.5 Å². The van der Waals surface area contributed by atoms with Crippen molar-refractivity contribution in [3.05, 3.63) is 16.1 Å². The van der Waals surface area contributed by atoms with Crippen LogP contribution in [0.25, 0.3) is 0 Å². The molecule has 0 aliphatic heterocycles. The monoisotopic (exact) mass is 228 g/mol. The minimum Gasteiger partial charge on any atom is -0.392 e. The van der Waals surface area contributed by atoms with Crippen molar-refractivity contribution in [3.63, 3.8) is 0 Å². The van der Waals surface area contributed by atoms with Gasteiger partial charge in [0.25, 0.3) is 0 Å². The molecule has 1 aromatic rings. The Morgan fingerprint density at radius 1 is 1.60 bits per heavy atom. The van der Waals surface area contributed by atoms with E-state index in [1.165, 1.54) is 5.01 Å². The zero-order valence-electron chi connectivity index (χ0n) is 9.73. The molecule has 1 N–H and O–H groups in total. The molecule has 0 aromatic carbocycles. The van der Waals surface area contributed by atoms with E-state index in [0.717, 1.165) is 25.1 Å². The molecular formula is C11H20N2OS. The number of nitrogens with zero attached hydrogens (tertiary/aromatic N) is 2. The number of hydrogen-bond donors (Lipinski definition) is 1. The first-order valence-corrected chi connectivity index (χ1v) is 6.29. The van der Waals surface area contributed by atoms with Crippen LogP contribution >= 0.6 is 11.3 Å². The number of thiazole rings is 1. The minimum absolute atomic E-state index is 0.274. The van der Waals surface area contributed by atoms with Crippen molar-refractivity contribution in [1.29, 1.82) is 0 Å². The fourth-order valence-corrected chi connectivity index (χ4v) is 2.43. The lowest BCUT2D eigenvalue weighted by atomic mass is 10.3. The highest BCUT2D eigenvalue weighted by Gasteiger charge is 2.06. The summed E-state index contributed by atoms with van der Waals surface area (Å²) in [7, 11) is 2.01. The highest BCUT2D eigenvalue weighted by atomic mass is 32.1. The summed E-state index contributed by atoms with van der Waals surface area (Å²) in [4.78, 5) is 6.64. The van der Waals surface area contributed by atoms with E-state index in [0.29, 0.717) is 6.54 Å². The molecule has 3 nitrogen and oxygen atoms in total. The summed E-state index contributed by atoms with van der Waals surface area (Å²) in [5.74, 6) is 0. The Hall–Kier alpha value is -0.450. The molecule has 0 amide bonds. The van der Waals surface area contributed by atoms with Gasteiger partial charge in [-0.1, -0.05) is 6.92 Å². The Morgan fingerprint density at radius 2 is 2.33 bits per heavy atom. The Kier molecular flexibility index (Phi) is 5.22. The van der Waals surface area contributed by atoms with Crippen LogP contribution in [0.2, 0.25) is 0 Å². The van der Waals surface area contributed by atoms with Crippen molar-refractivity contribution >= 4 is 11.3 Å². The largest absolute Gasteiger partial charge is 0.392 e. The van der Waals surface area contributed by atoms with Crippen LogP contribution in [-0.2, 0) is 13.0 Å². The standard InChI is InChI=1S/C11H20N2OS/c1-4-5-11-12-10(8-15-11)7-13(3)6-9(2)14/h8-9,14H,4-7H2,1-3H3. The van der Waals surface area contributed by atoms with Crippen molar-refractivity contribution in [3.8, 4) is 0 Å². The molecular weight excluding hydrogens is 208 g/mol. The zero-order chi connectivity index (χ0) is 11.3. The Labute approximate surface area is 95.8 Å². The van der Waals surface area contributed by atoms with Crippen molar-refractivity contribution in [2.75, 3.05) is 13.6 Å². The molecule has 15 heavy (non-hydrogen) atoms. The van der Waals surface area contributed by atoms with E-state index in [1.54, 1.807) is 18.3 Å². The van der Waals surface area contributed by atoms with Crippen molar-refractivity contribution in [2.45, 2.75) is 39.3 Å². The first kappa shape index (κ1) is 12.6. The maximum Gasteiger partial charge on any atom is 0.0928 e. The number of hydrogen-bond acceptors (Lipinski definition) is 4.